The highest BCUT2D eigenvalue weighted by Gasteiger charge is 2.24. The third-order valence-corrected chi connectivity index (χ3v) is 4.62. The Balaban J connectivity index is 1.91. The maximum Gasteiger partial charge on any atom is 0.282 e. The quantitative estimate of drug-likeness (QED) is 0.554. The van der Waals surface area contributed by atoms with Crippen LogP contribution in [0.2, 0.25) is 5.02 Å². The molecule has 0 saturated heterocycles. The van der Waals surface area contributed by atoms with Gasteiger partial charge in [0.15, 0.2) is 0 Å². The molecule has 2 heterocycles. The van der Waals surface area contributed by atoms with Gasteiger partial charge in [-0.2, -0.15) is 0 Å². The topological polar surface area (TPSA) is 109 Å². The molecule has 1 amide bonds. The fourth-order valence-corrected chi connectivity index (χ4v) is 3.23. The number of aromatic amines is 1. The van der Waals surface area contributed by atoms with Gasteiger partial charge in [-0.3, -0.25) is 19.7 Å². The number of halogens is 1. The Morgan fingerprint density at radius 1 is 1.44 bits per heavy atom. The molecular formula is C15H11ClN4O4S. The van der Waals surface area contributed by atoms with Crippen molar-refractivity contribution < 1.29 is 9.72 Å². The first-order valence-corrected chi connectivity index (χ1v) is 8.28. The summed E-state index contributed by atoms with van der Waals surface area (Å²) in [5.74, 6) is -0.307. The molecule has 8 nitrogen and oxygen atoms in total. The van der Waals surface area contributed by atoms with Crippen LogP contribution in [0.3, 0.4) is 0 Å². The number of carbonyl (C=O) groups is 1. The van der Waals surface area contributed by atoms with Gasteiger partial charge in [0.1, 0.15) is 16.1 Å². The molecule has 0 aliphatic rings. The highest BCUT2D eigenvalue weighted by atomic mass is 35.5. The standard InChI is InChI=1S/C15H11ClN4O4S/c1-19(7-12-17-10-4-5-25-13(10)14(21)18-12)15(22)9-6-8(16)2-3-11(9)20(23)24/h2-6H,7H2,1H3,(H,17,18,21). The highest BCUT2D eigenvalue weighted by molar-refractivity contribution is 7.17. The summed E-state index contributed by atoms with van der Waals surface area (Å²) in [5, 5.41) is 13.1. The molecule has 25 heavy (non-hydrogen) atoms. The van der Waals surface area contributed by atoms with E-state index in [9.17, 15) is 19.7 Å². The van der Waals surface area contributed by atoms with E-state index in [4.69, 9.17) is 11.6 Å². The van der Waals surface area contributed by atoms with E-state index >= 15 is 0 Å². The van der Waals surface area contributed by atoms with Crippen LogP contribution >= 0.6 is 22.9 Å². The van der Waals surface area contributed by atoms with E-state index in [-0.39, 0.29) is 34.2 Å². The first-order valence-electron chi connectivity index (χ1n) is 7.02. The molecule has 0 unspecified atom stereocenters. The Bertz CT molecular complexity index is 1050. The van der Waals surface area contributed by atoms with Crippen LogP contribution in [0, 0.1) is 10.1 Å². The molecular weight excluding hydrogens is 368 g/mol. The predicted molar refractivity (Wildman–Crippen MR) is 94.1 cm³/mol. The first-order chi connectivity index (χ1) is 11.9. The van der Waals surface area contributed by atoms with E-state index in [0.29, 0.717) is 10.2 Å². The minimum Gasteiger partial charge on any atom is -0.334 e. The lowest BCUT2D eigenvalue weighted by Crippen LogP contribution is -2.28. The monoisotopic (exact) mass is 378 g/mol. The number of nitrogens with one attached hydrogen (secondary N) is 1. The minimum atomic E-state index is -0.644. The second-order valence-electron chi connectivity index (χ2n) is 5.23. The lowest BCUT2D eigenvalue weighted by Gasteiger charge is -2.16. The molecule has 0 aliphatic heterocycles. The van der Waals surface area contributed by atoms with Crippen LogP contribution in [0.4, 0.5) is 5.69 Å². The second kappa shape index (κ2) is 6.61. The zero-order valence-electron chi connectivity index (χ0n) is 12.9. The maximum atomic E-state index is 12.6. The highest BCUT2D eigenvalue weighted by Crippen LogP contribution is 2.24. The third kappa shape index (κ3) is 3.37. The second-order valence-corrected chi connectivity index (χ2v) is 6.58. The average Bonchev–Trinajstić information content (AvgIpc) is 3.02. The van der Waals surface area contributed by atoms with Gasteiger partial charge in [-0.15, -0.1) is 11.3 Å². The molecule has 2 aromatic heterocycles. The summed E-state index contributed by atoms with van der Waals surface area (Å²) in [6.45, 7) is -0.0104. The van der Waals surface area contributed by atoms with Crippen LogP contribution in [0.15, 0.2) is 34.4 Å². The Labute approximate surface area is 149 Å². The van der Waals surface area contributed by atoms with E-state index in [1.165, 1.54) is 41.5 Å². The molecule has 0 spiro atoms. The van der Waals surface area contributed by atoms with E-state index in [1.807, 2.05) is 0 Å². The number of nitro benzene ring substituents is 1. The summed E-state index contributed by atoms with van der Waals surface area (Å²) < 4.78 is 0.503. The molecule has 0 radical (unpaired) electrons. The van der Waals surface area contributed by atoms with Crippen molar-refractivity contribution in [2.45, 2.75) is 6.54 Å². The van der Waals surface area contributed by atoms with Gasteiger partial charge in [-0.05, 0) is 23.6 Å². The Morgan fingerprint density at radius 2 is 2.20 bits per heavy atom. The fraction of sp³-hybridized carbons (Fsp3) is 0.133. The predicted octanol–water partition coefficient (Wildman–Crippen LogP) is 2.82. The average molecular weight is 379 g/mol. The molecule has 1 N–H and O–H groups in total. The molecule has 0 fully saturated rings. The summed E-state index contributed by atoms with van der Waals surface area (Å²) in [4.78, 5) is 43.1. The van der Waals surface area contributed by atoms with Crippen molar-refractivity contribution in [2.24, 2.45) is 0 Å². The number of H-pyrrole nitrogens is 1. The third-order valence-electron chi connectivity index (χ3n) is 3.48. The van der Waals surface area contributed by atoms with Gasteiger partial charge in [-0.25, -0.2) is 4.98 Å². The van der Waals surface area contributed by atoms with Crippen molar-refractivity contribution in [2.75, 3.05) is 7.05 Å². The number of carbonyl (C=O) groups excluding carboxylic acids is 1. The minimum absolute atomic E-state index is 0.0104. The van der Waals surface area contributed by atoms with E-state index in [2.05, 4.69) is 9.97 Å². The number of rotatable bonds is 4. The molecule has 128 valence electrons. The Morgan fingerprint density at radius 3 is 2.92 bits per heavy atom. The lowest BCUT2D eigenvalue weighted by atomic mass is 10.1. The largest absolute Gasteiger partial charge is 0.334 e. The smallest absolute Gasteiger partial charge is 0.282 e. The van der Waals surface area contributed by atoms with E-state index in [1.54, 1.807) is 11.4 Å². The van der Waals surface area contributed by atoms with Gasteiger partial charge in [0.05, 0.1) is 17.0 Å². The van der Waals surface area contributed by atoms with Crippen molar-refractivity contribution >= 4 is 44.7 Å². The number of benzene rings is 1. The van der Waals surface area contributed by atoms with Crippen LogP contribution < -0.4 is 5.56 Å². The van der Waals surface area contributed by atoms with Crippen molar-refractivity contribution in [3.63, 3.8) is 0 Å². The zero-order valence-corrected chi connectivity index (χ0v) is 14.4. The maximum absolute atomic E-state index is 12.6. The number of nitro groups is 1. The number of hydrogen-bond donors (Lipinski definition) is 1. The number of amides is 1. The lowest BCUT2D eigenvalue weighted by molar-refractivity contribution is -0.385. The van der Waals surface area contributed by atoms with Crippen LogP contribution in [0.5, 0.6) is 0 Å². The summed E-state index contributed by atoms with van der Waals surface area (Å²) in [7, 11) is 1.46. The number of hydrogen-bond acceptors (Lipinski definition) is 6. The van der Waals surface area contributed by atoms with E-state index in [0.717, 1.165) is 0 Å². The molecule has 0 atom stereocenters. The summed E-state index contributed by atoms with van der Waals surface area (Å²) >= 11 is 7.13. The van der Waals surface area contributed by atoms with Gasteiger partial charge >= 0.3 is 0 Å². The van der Waals surface area contributed by atoms with Gasteiger partial charge in [0.2, 0.25) is 0 Å². The van der Waals surface area contributed by atoms with Crippen LogP contribution in [-0.4, -0.2) is 32.7 Å². The normalized spacial score (nSPS) is 10.8. The molecule has 10 heteroatoms. The van der Waals surface area contributed by atoms with Crippen molar-refractivity contribution in [3.8, 4) is 0 Å². The molecule has 1 aromatic carbocycles. The van der Waals surface area contributed by atoms with Crippen LogP contribution in [-0.2, 0) is 6.54 Å². The van der Waals surface area contributed by atoms with Gasteiger partial charge in [0, 0.05) is 18.1 Å². The molecule has 0 saturated carbocycles. The number of fused-ring (bicyclic) bond motifs is 1. The molecule has 3 rings (SSSR count). The summed E-state index contributed by atoms with van der Waals surface area (Å²) in [6, 6.07) is 5.49. The van der Waals surface area contributed by atoms with Gasteiger partial charge in [-0.1, -0.05) is 11.6 Å². The van der Waals surface area contributed by atoms with Crippen molar-refractivity contribution in [1.29, 1.82) is 0 Å². The van der Waals surface area contributed by atoms with Gasteiger partial charge < -0.3 is 9.88 Å². The Kier molecular flexibility index (Phi) is 4.51. The molecule has 3 aromatic rings. The summed E-state index contributed by atoms with van der Waals surface area (Å²) in [5.41, 5.74) is -0.210. The van der Waals surface area contributed by atoms with Crippen molar-refractivity contribution in [3.05, 3.63) is 66.5 Å². The zero-order chi connectivity index (χ0) is 18.1. The number of nitrogens with zero attached hydrogens (tertiary/aromatic N) is 3. The molecule has 0 bridgehead atoms. The molecule has 0 aliphatic carbocycles. The fourth-order valence-electron chi connectivity index (χ4n) is 2.34. The van der Waals surface area contributed by atoms with Crippen LogP contribution in [0.25, 0.3) is 10.2 Å². The van der Waals surface area contributed by atoms with Gasteiger partial charge in [0.25, 0.3) is 17.2 Å². The van der Waals surface area contributed by atoms with Crippen molar-refractivity contribution in [1.82, 2.24) is 14.9 Å². The number of aromatic nitrogens is 2. The van der Waals surface area contributed by atoms with E-state index < -0.39 is 10.8 Å². The SMILES string of the molecule is CN(Cc1nc2ccsc2c(=O)[nH]1)C(=O)c1cc(Cl)ccc1[N+](=O)[O-]. The Hall–Kier alpha value is -2.78. The first kappa shape index (κ1) is 17.1. The van der Waals surface area contributed by atoms with Crippen LogP contribution in [0.1, 0.15) is 16.2 Å². The summed E-state index contributed by atoms with van der Waals surface area (Å²) in [6.07, 6.45) is 0. The number of thiophene rings is 1.